The van der Waals surface area contributed by atoms with Crippen molar-refractivity contribution in [2.24, 2.45) is 0 Å². The van der Waals surface area contributed by atoms with Crippen LogP contribution in [0.25, 0.3) is 44.4 Å². The van der Waals surface area contributed by atoms with Gasteiger partial charge in [-0.05, 0) is 60.5 Å². The van der Waals surface area contributed by atoms with Gasteiger partial charge in [-0.15, -0.1) is 0 Å². The van der Waals surface area contributed by atoms with Crippen LogP contribution in [0.2, 0.25) is 0 Å². The number of hydrogen-bond donors (Lipinski definition) is 1. The molecule has 0 aliphatic heterocycles. The number of para-hydroxylation sites is 1. The second-order valence-electron chi connectivity index (χ2n) is 12.2. The van der Waals surface area contributed by atoms with Crippen LogP contribution in [-0.2, 0) is 11.2 Å². The lowest BCUT2D eigenvalue weighted by Crippen LogP contribution is -2.14. The second kappa shape index (κ2) is 11.0. The van der Waals surface area contributed by atoms with E-state index >= 15 is 0 Å². The molecule has 5 nitrogen and oxygen atoms in total. The number of benzene rings is 4. The highest BCUT2D eigenvalue weighted by Gasteiger charge is 2.27. The molecule has 3 heterocycles. The average molecular weight is 595 g/mol. The highest BCUT2D eigenvalue weighted by Crippen LogP contribution is 2.38. The first-order valence-electron chi connectivity index (χ1n) is 14.8. The van der Waals surface area contributed by atoms with Crippen LogP contribution in [0, 0.1) is 6.92 Å². The molecule has 4 aromatic carbocycles. The van der Waals surface area contributed by atoms with Gasteiger partial charge in [0.2, 0.25) is 0 Å². The lowest BCUT2D eigenvalue weighted by molar-refractivity contribution is 0.482. The van der Waals surface area contributed by atoms with E-state index in [0.29, 0.717) is 5.75 Å². The van der Waals surface area contributed by atoms with Crippen molar-refractivity contribution in [2.45, 2.75) is 38.9 Å². The van der Waals surface area contributed by atoms with Crippen LogP contribution in [0.3, 0.4) is 0 Å². The summed E-state index contributed by atoms with van der Waals surface area (Å²) in [6.07, 6.45) is 1.86. The zero-order valence-corrected chi connectivity index (χ0v) is 26.2. The van der Waals surface area contributed by atoms with E-state index < -0.39 is 0 Å². The molecule has 0 fully saturated rings. The largest absolute Gasteiger partial charge is 0.457 e. The van der Waals surface area contributed by atoms with Crippen LogP contribution in [0.5, 0.6) is 11.5 Å². The van der Waals surface area contributed by atoms with Crippen LogP contribution in [0.4, 0.5) is 0 Å². The molecule has 0 atom stereocenters. The molecule has 0 spiro atoms. The van der Waals surface area contributed by atoms with Crippen molar-refractivity contribution in [3.05, 3.63) is 132 Å². The molecular weight excluding hydrogens is 561 g/mol. The maximum Gasteiger partial charge on any atom is 0.137 e. The van der Waals surface area contributed by atoms with E-state index in [1.54, 1.807) is 0 Å². The molecule has 0 unspecified atom stereocenters. The summed E-state index contributed by atoms with van der Waals surface area (Å²) >= 11 is 4.77. The standard InChI is InChI=1S/C38H34N4OS/c1-25-19-20-39-35(21-25)41-32-16-9-8-15-30(32)31-18-17-29(23-33(31)41)43-28-14-10-13-27(22-28)42-34(24-44)36(26-11-6-5-7-12-26)37(40-42)38(2,3)4/h5-23,44H,24H2,1-4H3. The first kappa shape index (κ1) is 28.0. The Morgan fingerprint density at radius 1 is 0.750 bits per heavy atom. The van der Waals surface area contributed by atoms with Gasteiger partial charge >= 0.3 is 0 Å². The van der Waals surface area contributed by atoms with Crippen LogP contribution >= 0.6 is 12.6 Å². The van der Waals surface area contributed by atoms with Gasteiger partial charge in [0.15, 0.2) is 0 Å². The van der Waals surface area contributed by atoms with Crippen molar-refractivity contribution >= 4 is 34.4 Å². The normalized spacial score (nSPS) is 11.8. The highest BCUT2D eigenvalue weighted by molar-refractivity contribution is 7.79. The van der Waals surface area contributed by atoms with Crippen molar-refractivity contribution in [3.63, 3.8) is 0 Å². The first-order chi connectivity index (χ1) is 21.3. The molecule has 0 saturated carbocycles. The maximum absolute atomic E-state index is 6.53. The Balaban J connectivity index is 1.32. The van der Waals surface area contributed by atoms with Gasteiger partial charge in [-0.3, -0.25) is 4.57 Å². The second-order valence-corrected chi connectivity index (χ2v) is 12.5. The molecule has 0 aliphatic carbocycles. The molecule has 0 aliphatic rings. The van der Waals surface area contributed by atoms with Gasteiger partial charge in [0.25, 0.3) is 0 Å². The first-order valence-corrected chi connectivity index (χ1v) is 15.5. The number of hydrogen-bond acceptors (Lipinski definition) is 4. The van der Waals surface area contributed by atoms with E-state index in [1.165, 1.54) is 5.39 Å². The molecule has 218 valence electrons. The Morgan fingerprint density at radius 3 is 2.27 bits per heavy atom. The number of thiol groups is 1. The Labute approximate surface area is 263 Å². The lowest BCUT2D eigenvalue weighted by atomic mass is 9.86. The van der Waals surface area contributed by atoms with Crippen LogP contribution in [0.15, 0.2) is 115 Å². The predicted octanol–water partition coefficient (Wildman–Crippen LogP) is 9.86. The summed E-state index contributed by atoms with van der Waals surface area (Å²) < 4.78 is 10.8. The molecule has 0 radical (unpaired) electrons. The molecule has 0 N–H and O–H groups in total. The minimum Gasteiger partial charge on any atom is -0.457 e. The van der Waals surface area contributed by atoms with E-state index in [2.05, 4.69) is 105 Å². The molecule has 6 heteroatoms. The van der Waals surface area contributed by atoms with E-state index in [0.717, 1.165) is 67.5 Å². The maximum atomic E-state index is 6.53. The fraction of sp³-hybridized carbons (Fsp3) is 0.158. The van der Waals surface area contributed by atoms with Crippen molar-refractivity contribution in [1.29, 1.82) is 0 Å². The third-order valence-electron chi connectivity index (χ3n) is 7.98. The molecule has 0 bridgehead atoms. The van der Waals surface area contributed by atoms with Gasteiger partial charge < -0.3 is 4.74 Å². The number of fused-ring (bicyclic) bond motifs is 3. The number of ether oxygens (including phenoxy) is 1. The SMILES string of the molecule is Cc1ccnc(-n2c3ccccc3c3ccc(Oc4cccc(-n5nc(C(C)(C)C)c(-c6ccccc6)c5CS)c4)cc32)c1. The van der Waals surface area contributed by atoms with Crippen molar-refractivity contribution < 1.29 is 4.74 Å². The minimum atomic E-state index is -0.151. The van der Waals surface area contributed by atoms with Crippen molar-refractivity contribution in [1.82, 2.24) is 19.3 Å². The van der Waals surface area contributed by atoms with Crippen LogP contribution < -0.4 is 4.74 Å². The lowest BCUT2D eigenvalue weighted by Gasteiger charge is -2.18. The van der Waals surface area contributed by atoms with Crippen molar-refractivity contribution in [3.8, 4) is 34.1 Å². The fourth-order valence-corrected chi connectivity index (χ4v) is 6.26. The summed E-state index contributed by atoms with van der Waals surface area (Å²) in [5.41, 5.74) is 8.48. The smallest absolute Gasteiger partial charge is 0.137 e. The zero-order chi connectivity index (χ0) is 30.4. The van der Waals surface area contributed by atoms with Gasteiger partial charge in [-0.2, -0.15) is 17.7 Å². The Bertz CT molecular complexity index is 2140. The van der Waals surface area contributed by atoms with Gasteiger partial charge in [-0.25, -0.2) is 9.67 Å². The number of aryl methyl sites for hydroxylation is 1. The topological polar surface area (TPSA) is 44.9 Å². The van der Waals surface area contributed by atoms with Gasteiger partial charge in [-0.1, -0.05) is 75.4 Å². The third-order valence-corrected chi connectivity index (χ3v) is 8.28. The summed E-state index contributed by atoms with van der Waals surface area (Å²) in [6.45, 7) is 8.70. The predicted molar refractivity (Wildman–Crippen MR) is 184 cm³/mol. The Hall–Kier alpha value is -4.81. The number of rotatable bonds is 6. The van der Waals surface area contributed by atoms with E-state index in [1.807, 2.05) is 47.3 Å². The molecule has 3 aromatic heterocycles. The van der Waals surface area contributed by atoms with Gasteiger partial charge in [0.1, 0.15) is 17.3 Å². The van der Waals surface area contributed by atoms with E-state index in [4.69, 9.17) is 27.4 Å². The zero-order valence-electron chi connectivity index (χ0n) is 25.3. The molecule has 0 saturated heterocycles. The third kappa shape index (κ3) is 4.95. The van der Waals surface area contributed by atoms with E-state index in [9.17, 15) is 0 Å². The average Bonchev–Trinajstić information content (AvgIpc) is 3.58. The van der Waals surface area contributed by atoms with Crippen molar-refractivity contribution in [2.75, 3.05) is 0 Å². The molecule has 0 amide bonds. The molecular formula is C38H34N4OS. The summed E-state index contributed by atoms with van der Waals surface area (Å²) in [7, 11) is 0. The summed E-state index contributed by atoms with van der Waals surface area (Å²) in [5.74, 6) is 2.92. The summed E-state index contributed by atoms with van der Waals surface area (Å²) in [4.78, 5) is 4.71. The fourth-order valence-electron chi connectivity index (χ4n) is 5.96. The number of pyridine rings is 1. The Kier molecular flexibility index (Phi) is 7.02. The monoisotopic (exact) mass is 594 g/mol. The highest BCUT2D eigenvalue weighted by atomic mass is 32.1. The molecule has 7 rings (SSSR count). The summed E-state index contributed by atoms with van der Waals surface area (Å²) in [5, 5.41) is 7.50. The van der Waals surface area contributed by atoms with Gasteiger partial charge in [0.05, 0.1) is 28.1 Å². The Morgan fingerprint density at radius 2 is 1.50 bits per heavy atom. The molecule has 44 heavy (non-hydrogen) atoms. The van der Waals surface area contributed by atoms with Crippen LogP contribution in [0.1, 0.15) is 37.7 Å². The van der Waals surface area contributed by atoms with Crippen LogP contribution in [-0.4, -0.2) is 19.3 Å². The van der Waals surface area contributed by atoms with Gasteiger partial charge in [0, 0.05) is 45.8 Å². The number of nitrogens with zero attached hydrogens (tertiary/aromatic N) is 4. The molecule has 7 aromatic rings. The van der Waals surface area contributed by atoms with E-state index in [-0.39, 0.29) is 5.41 Å². The number of aromatic nitrogens is 4. The quantitative estimate of drug-likeness (QED) is 0.195. The summed E-state index contributed by atoms with van der Waals surface area (Å²) in [6, 6.07) is 37.4. The minimum absolute atomic E-state index is 0.151.